The molecule has 0 amide bonds. The lowest BCUT2D eigenvalue weighted by atomic mass is 9.91. The Morgan fingerprint density at radius 3 is 2.39 bits per heavy atom. The Labute approximate surface area is 139 Å². The molecule has 2 fully saturated rings. The van der Waals surface area contributed by atoms with E-state index in [4.69, 9.17) is 15.5 Å². The zero-order valence-corrected chi connectivity index (χ0v) is 14.6. The maximum atomic E-state index is 5.99. The Kier molecular flexibility index (Phi) is 5.07. The number of hydrogen-bond acceptors (Lipinski definition) is 5. The van der Waals surface area contributed by atoms with Crippen LogP contribution in [0.15, 0.2) is 12.1 Å². The predicted molar refractivity (Wildman–Crippen MR) is 95.1 cm³/mol. The van der Waals surface area contributed by atoms with E-state index >= 15 is 0 Å². The first-order chi connectivity index (χ1) is 11.0. The van der Waals surface area contributed by atoms with Crippen LogP contribution in [-0.2, 0) is 4.74 Å². The van der Waals surface area contributed by atoms with E-state index in [1.54, 1.807) is 0 Å². The second-order valence-corrected chi connectivity index (χ2v) is 7.22. The maximum absolute atomic E-state index is 5.99. The second-order valence-electron chi connectivity index (χ2n) is 7.22. The van der Waals surface area contributed by atoms with Crippen LogP contribution in [-0.4, -0.2) is 42.4 Å². The zero-order valence-electron chi connectivity index (χ0n) is 14.6. The van der Waals surface area contributed by atoms with Crippen LogP contribution < -0.4 is 16.0 Å². The molecule has 0 spiro atoms. The Balaban J connectivity index is 1.66. The zero-order chi connectivity index (χ0) is 16.4. The van der Waals surface area contributed by atoms with Gasteiger partial charge >= 0.3 is 0 Å². The summed E-state index contributed by atoms with van der Waals surface area (Å²) in [6.07, 6.45) is 5.05. The van der Waals surface area contributed by atoms with Crippen molar-refractivity contribution in [1.82, 2.24) is 4.98 Å². The monoisotopic (exact) mass is 318 g/mol. The Morgan fingerprint density at radius 2 is 1.78 bits per heavy atom. The van der Waals surface area contributed by atoms with Crippen LogP contribution in [0.4, 0.5) is 11.5 Å². The molecule has 3 N–H and O–H groups in total. The van der Waals surface area contributed by atoms with Crippen molar-refractivity contribution in [2.45, 2.75) is 70.7 Å². The molecule has 5 heteroatoms. The minimum absolute atomic E-state index is 0.255. The van der Waals surface area contributed by atoms with Gasteiger partial charge in [-0.2, -0.15) is 0 Å². The van der Waals surface area contributed by atoms with E-state index < -0.39 is 0 Å². The first-order valence-electron chi connectivity index (χ1n) is 8.91. The van der Waals surface area contributed by atoms with Gasteiger partial charge in [0, 0.05) is 25.2 Å². The molecule has 5 nitrogen and oxygen atoms in total. The Hall–Kier alpha value is -1.33. The van der Waals surface area contributed by atoms with Gasteiger partial charge in [0.1, 0.15) is 5.82 Å². The minimum Gasteiger partial charge on any atom is -0.381 e. The smallest absolute Gasteiger partial charge is 0.129 e. The fraction of sp³-hybridized carbons (Fsp3) is 0.722. The third-order valence-electron chi connectivity index (χ3n) is 4.95. The molecule has 2 unspecified atom stereocenters. The summed E-state index contributed by atoms with van der Waals surface area (Å²) in [5.41, 5.74) is 8.22. The number of hydrogen-bond donors (Lipinski definition) is 2. The molecule has 2 aliphatic rings. The van der Waals surface area contributed by atoms with Crippen LogP contribution in [0.25, 0.3) is 0 Å². The molecule has 1 aliphatic carbocycles. The van der Waals surface area contributed by atoms with Crippen LogP contribution in [0.1, 0.15) is 45.2 Å². The van der Waals surface area contributed by atoms with E-state index in [-0.39, 0.29) is 12.2 Å². The molecular formula is C18H30N4O. The summed E-state index contributed by atoms with van der Waals surface area (Å²) >= 11 is 0. The molecular weight excluding hydrogens is 288 g/mol. The van der Waals surface area contributed by atoms with Gasteiger partial charge in [0.15, 0.2) is 0 Å². The Morgan fingerprint density at radius 1 is 1.13 bits per heavy atom. The first-order valence-corrected chi connectivity index (χ1v) is 8.91. The molecule has 2 atom stereocenters. The summed E-state index contributed by atoms with van der Waals surface area (Å²) in [7, 11) is 0. The highest BCUT2D eigenvalue weighted by Gasteiger charge is 2.24. The summed E-state index contributed by atoms with van der Waals surface area (Å²) in [5, 5.41) is 3.66. The van der Waals surface area contributed by atoms with Gasteiger partial charge in [-0.1, -0.05) is 0 Å². The number of nitrogens with one attached hydrogen (secondary N) is 1. The van der Waals surface area contributed by atoms with Gasteiger partial charge in [-0.15, -0.1) is 0 Å². The lowest BCUT2D eigenvalue weighted by Gasteiger charge is -2.36. The molecule has 0 radical (unpaired) electrons. The van der Waals surface area contributed by atoms with Crippen molar-refractivity contribution < 1.29 is 4.74 Å². The largest absolute Gasteiger partial charge is 0.381 e. The van der Waals surface area contributed by atoms with Gasteiger partial charge in [0.25, 0.3) is 0 Å². The number of pyridine rings is 1. The van der Waals surface area contributed by atoms with Crippen molar-refractivity contribution >= 4 is 11.5 Å². The molecule has 1 saturated heterocycles. The van der Waals surface area contributed by atoms with Gasteiger partial charge in [-0.05, 0) is 58.6 Å². The van der Waals surface area contributed by atoms with Crippen LogP contribution in [0.2, 0.25) is 0 Å². The summed E-state index contributed by atoms with van der Waals surface area (Å²) in [6, 6.07) is 5.23. The van der Waals surface area contributed by atoms with E-state index in [0.29, 0.717) is 12.1 Å². The molecule has 1 saturated carbocycles. The normalized spacial score (nSPS) is 31.9. The van der Waals surface area contributed by atoms with Crippen molar-refractivity contribution in [1.29, 1.82) is 0 Å². The summed E-state index contributed by atoms with van der Waals surface area (Å²) < 4.78 is 5.81. The van der Waals surface area contributed by atoms with E-state index in [1.807, 2.05) is 0 Å². The average Bonchev–Trinajstić information content (AvgIpc) is 2.50. The number of aryl methyl sites for hydroxylation is 1. The highest BCUT2D eigenvalue weighted by atomic mass is 16.5. The van der Waals surface area contributed by atoms with E-state index in [0.717, 1.165) is 56.0 Å². The van der Waals surface area contributed by atoms with Crippen molar-refractivity contribution in [3.05, 3.63) is 17.8 Å². The topological polar surface area (TPSA) is 63.4 Å². The number of ether oxygens (including phenoxy) is 1. The SMILES string of the molecule is Cc1nc(N2CC(C)OC(C)C2)ccc1NC1CCC(N)CC1. The van der Waals surface area contributed by atoms with Crippen molar-refractivity contribution in [2.75, 3.05) is 23.3 Å². The number of rotatable bonds is 3. The van der Waals surface area contributed by atoms with E-state index in [1.165, 1.54) is 0 Å². The molecule has 0 bridgehead atoms. The van der Waals surface area contributed by atoms with Crippen LogP contribution in [0.3, 0.4) is 0 Å². The molecule has 3 rings (SSSR count). The van der Waals surface area contributed by atoms with Gasteiger partial charge in [0.2, 0.25) is 0 Å². The highest BCUT2D eigenvalue weighted by molar-refractivity contribution is 5.54. The number of aromatic nitrogens is 1. The quantitative estimate of drug-likeness (QED) is 0.897. The van der Waals surface area contributed by atoms with Crippen LogP contribution in [0.5, 0.6) is 0 Å². The highest BCUT2D eigenvalue weighted by Crippen LogP contribution is 2.25. The summed E-state index contributed by atoms with van der Waals surface area (Å²) in [5.74, 6) is 1.06. The minimum atomic E-state index is 0.255. The lowest BCUT2D eigenvalue weighted by Crippen LogP contribution is -2.45. The number of morpholine rings is 1. The molecule has 0 aromatic carbocycles. The second kappa shape index (κ2) is 7.05. The Bertz CT molecular complexity index is 518. The van der Waals surface area contributed by atoms with Gasteiger partial charge < -0.3 is 20.7 Å². The van der Waals surface area contributed by atoms with Crippen molar-refractivity contribution in [3.63, 3.8) is 0 Å². The number of nitrogens with zero attached hydrogens (tertiary/aromatic N) is 2. The van der Waals surface area contributed by atoms with Gasteiger partial charge in [0.05, 0.1) is 23.6 Å². The molecule has 128 valence electrons. The number of anilines is 2. The lowest BCUT2D eigenvalue weighted by molar-refractivity contribution is -0.00546. The molecule has 1 aliphatic heterocycles. The van der Waals surface area contributed by atoms with Crippen LogP contribution >= 0.6 is 0 Å². The average molecular weight is 318 g/mol. The van der Waals surface area contributed by atoms with Crippen molar-refractivity contribution in [3.8, 4) is 0 Å². The summed E-state index contributed by atoms with van der Waals surface area (Å²) in [6.45, 7) is 8.15. The standard InChI is InChI=1S/C18H30N4O/c1-12-10-22(11-13(2)23-12)18-9-8-17(14(3)20-18)21-16-6-4-15(19)5-7-16/h8-9,12-13,15-16,21H,4-7,10-11,19H2,1-3H3. The van der Waals surface area contributed by atoms with E-state index in [9.17, 15) is 0 Å². The predicted octanol–water partition coefficient (Wildman–Crippen LogP) is 2.69. The molecule has 23 heavy (non-hydrogen) atoms. The van der Waals surface area contributed by atoms with Crippen LogP contribution in [0, 0.1) is 6.92 Å². The molecule has 1 aromatic heterocycles. The van der Waals surface area contributed by atoms with Gasteiger partial charge in [-0.25, -0.2) is 4.98 Å². The van der Waals surface area contributed by atoms with E-state index in [2.05, 4.69) is 43.1 Å². The summed E-state index contributed by atoms with van der Waals surface area (Å²) in [4.78, 5) is 7.16. The van der Waals surface area contributed by atoms with Gasteiger partial charge in [-0.3, -0.25) is 0 Å². The first kappa shape index (κ1) is 16.5. The maximum Gasteiger partial charge on any atom is 0.129 e. The number of nitrogens with two attached hydrogens (primary N) is 1. The fourth-order valence-corrected chi connectivity index (χ4v) is 3.72. The molecule has 2 heterocycles. The third kappa shape index (κ3) is 4.15. The third-order valence-corrected chi connectivity index (χ3v) is 4.95. The fourth-order valence-electron chi connectivity index (χ4n) is 3.72. The van der Waals surface area contributed by atoms with Crippen molar-refractivity contribution in [2.24, 2.45) is 5.73 Å². The molecule has 1 aromatic rings.